The summed E-state index contributed by atoms with van der Waals surface area (Å²) in [5.74, 6) is 0.614. The highest BCUT2D eigenvalue weighted by Crippen LogP contribution is 2.44. The van der Waals surface area contributed by atoms with Crippen LogP contribution < -0.4 is 15.4 Å². The molecular weight excluding hydrogens is 402 g/mol. The standard InChI is InChI=1S/C26H31N3O3/c1-4-29(5-2)25(31)19-11-9-18(10-12-19)21-17-26(13-15-28-16-14-26)32-22-8-6-7-20(23(21)22)24(30)27-3/h6-12,17,28H,4-5,13-16H2,1-3H3,(H,27,30). The molecule has 2 aromatic carbocycles. The molecule has 6 heteroatoms. The predicted octanol–water partition coefficient (Wildman–Crippen LogP) is 3.47. The molecule has 0 saturated carbocycles. The second kappa shape index (κ2) is 9.17. The maximum absolute atomic E-state index is 12.7. The molecule has 0 unspecified atom stereocenters. The van der Waals surface area contributed by atoms with Gasteiger partial charge < -0.3 is 20.3 Å². The third kappa shape index (κ3) is 4.02. The predicted molar refractivity (Wildman–Crippen MR) is 126 cm³/mol. The average molecular weight is 434 g/mol. The summed E-state index contributed by atoms with van der Waals surface area (Å²) in [4.78, 5) is 27.2. The quantitative estimate of drug-likeness (QED) is 0.758. The molecule has 1 saturated heterocycles. The first-order valence-corrected chi connectivity index (χ1v) is 11.4. The molecule has 2 amide bonds. The van der Waals surface area contributed by atoms with Crippen LogP contribution in [0.4, 0.5) is 0 Å². The summed E-state index contributed by atoms with van der Waals surface area (Å²) >= 11 is 0. The molecule has 4 rings (SSSR count). The van der Waals surface area contributed by atoms with E-state index in [0.717, 1.165) is 48.4 Å². The lowest BCUT2D eigenvalue weighted by Gasteiger charge is -2.40. The summed E-state index contributed by atoms with van der Waals surface area (Å²) in [6, 6.07) is 13.4. The van der Waals surface area contributed by atoms with Crippen LogP contribution in [0.3, 0.4) is 0 Å². The van der Waals surface area contributed by atoms with Gasteiger partial charge in [0.25, 0.3) is 11.8 Å². The molecule has 0 aliphatic carbocycles. The number of nitrogens with one attached hydrogen (secondary N) is 2. The first-order valence-electron chi connectivity index (χ1n) is 11.4. The Morgan fingerprint density at radius 3 is 2.38 bits per heavy atom. The third-order valence-electron chi connectivity index (χ3n) is 6.43. The van der Waals surface area contributed by atoms with Crippen molar-refractivity contribution in [2.45, 2.75) is 32.3 Å². The van der Waals surface area contributed by atoms with Gasteiger partial charge in [-0.05, 0) is 68.4 Å². The lowest BCUT2D eigenvalue weighted by atomic mass is 9.81. The molecule has 32 heavy (non-hydrogen) atoms. The monoisotopic (exact) mass is 433 g/mol. The number of amides is 2. The van der Waals surface area contributed by atoms with E-state index in [0.29, 0.717) is 24.2 Å². The number of carbonyl (C=O) groups is 2. The van der Waals surface area contributed by atoms with Gasteiger partial charge in [-0.1, -0.05) is 18.2 Å². The fourth-order valence-corrected chi connectivity index (χ4v) is 4.61. The van der Waals surface area contributed by atoms with Gasteiger partial charge in [0.15, 0.2) is 0 Å². The Bertz CT molecular complexity index is 1030. The number of nitrogens with zero attached hydrogens (tertiary/aromatic N) is 1. The summed E-state index contributed by atoms with van der Waals surface area (Å²) in [5.41, 5.74) is 3.61. The fraction of sp³-hybridized carbons (Fsp3) is 0.385. The molecule has 1 spiro atoms. The van der Waals surface area contributed by atoms with Crippen LogP contribution in [0.25, 0.3) is 5.57 Å². The highest BCUT2D eigenvalue weighted by Gasteiger charge is 2.38. The zero-order valence-electron chi connectivity index (χ0n) is 19.0. The molecule has 0 bridgehead atoms. The van der Waals surface area contributed by atoms with Gasteiger partial charge >= 0.3 is 0 Å². The molecule has 6 nitrogen and oxygen atoms in total. The van der Waals surface area contributed by atoms with Crippen molar-refractivity contribution < 1.29 is 14.3 Å². The Labute approximate surface area is 189 Å². The van der Waals surface area contributed by atoms with E-state index >= 15 is 0 Å². The van der Waals surface area contributed by atoms with E-state index in [1.165, 1.54) is 0 Å². The number of hydrogen-bond donors (Lipinski definition) is 2. The number of hydrogen-bond acceptors (Lipinski definition) is 4. The molecule has 0 radical (unpaired) electrons. The van der Waals surface area contributed by atoms with Crippen LogP contribution in [0.2, 0.25) is 0 Å². The van der Waals surface area contributed by atoms with Crippen molar-refractivity contribution in [3.05, 3.63) is 70.8 Å². The van der Waals surface area contributed by atoms with Gasteiger partial charge in [0.1, 0.15) is 11.4 Å². The molecule has 2 aromatic rings. The van der Waals surface area contributed by atoms with Crippen molar-refractivity contribution in [2.75, 3.05) is 33.2 Å². The largest absolute Gasteiger partial charge is 0.482 e. The lowest BCUT2D eigenvalue weighted by molar-refractivity contribution is 0.0772. The Morgan fingerprint density at radius 1 is 1.06 bits per heavy atom. The van der Waals surface area contributed by atoms with E-state index in [1.807, 2.05) is 61.2 Å². The Kier molecular flexibility index (Phi) is 6.33. The zero-order valence-corrected chi connectivity index (χ0v) is 19.0. The minimum atomic E-state index is -0.398. The molecular formula is C26H31N3O3. The molecule has 2 aliphatic rings. The van der Waals surface area contributed by atoms with E-state index in [4.69, 9.17) is 4.74 Å². The van der Waals surface area contributed by atoms with E-state index in [1.54, 1.807) is 7.05 Å². The maximum atomic E-state index is 12.7. The van der Waals surface area contributed by atoms with Crippen LogP contribution >= 0.6 is 0 Å². The van der Waals surface area contributed by atoms with Crippen molar-refractivity contribution in [1.29, 1.82) is 0 Å². The van der Waals surface area contributed by atoms with Gasteiger partial charge in [-0.25, -0.2) is 0 Å². The SMILES string of the molecule is CCN(CC)C(=O)c1ccc(C2=CC3(CCNCC3)Oc3cccc(C(=O)NC)c32)cc1. The minimum absolute atomic E-state index is 0.0313. The second-order valence-corrected chi connectivity index (χ2v) is 8.29. The van der Waals surface area contributed by atoms with E-state index in [-0.39, 0.29) is 11.8 Å². The van der Waals surface area contributed by atoms with Gasteiger partial charge in [-0.3, -0.25) is 9.59 Å². The van der Waals surface area contributed by atoms with Gasteiger partial charge in [0.2, 0.25) is 0 Å². The van der Waals surface area contributed by atoms with E-state index < -0.39 is 5.60 Å². The summed E-state index contributed by atoms with van der Waals surface area (Å²) < 4.78 is 6.51. The summed E-state index contributed by atoms with van der Waals surface area (Å²) in [6.07, 6.45) is 3.90. The number of rotatable bonds is 5. The highest BCUT2D eigenvalue weighted by molar-refractivity contribution is 6.03. The first kappa shape index (κ1) is 22.1. The van der Waals surface area contributed by atoms with Crippen molar-refractivity contribution in [3.8, 4) is 5.75 Å². The zero-order chi connectivity index (χ0) is 22.7. The summed E-state index contributed by atoms with van der Waals surface area (Å²) in [7, 11) is 1.64. The molecule has 0 atom stereocenters. The third-order valence-corrected chi connectivity index (χ3v) is 6.43. The molecule has 1 fully saturated rings. The Morgan fingerprint density at radius 2 is 1.75 bits per heavy atom. The number of ether oxygens (including phenoxy) is 1. The average Bonchev–Trinajstić information content (AvgIpc) is 2.84. The fourth-order valence-electron chi connectivity index (χ4n) is 4.61. The molecule has 168 valence electrons. The van der Waals surface area contributed by atoms with Crippen molar-refractivity contribution in [2.24, 2.45) is 0 Å². The van der Waals surface area contributed by atoms with Crippen LogP contribution in [0.15, 0.2) is 48.5 Å². The normalized spacial score (nSPS) is 16.5. The second-order valence-electron chi connectivity index (χ2n) is 8.29. The van der Waals surface area contributed by atoms with Gasteiger partial charge in [0, 0.05) is 44.1 Å². The van der Waals surface area contributed by atoms with Gasteiger partial charge in [0.05, 0.1) is 5.56 Å². The van der Waals surface area contributed by atoms with Gasteiger partial charge in [-0.2, -0.15) is 0 Å². The van der Waals surface area contributed by atoms with Gasteiger partial charge in [-0.15, -0.1) is 0 Å². The first-order chi connectivity index (χ1) is 15.5. The van der Waals surface area contributed by atoms with Crippen LogP contribution in [-0.4, -0.2) is 55.5 Å². The topological polar surface area (TPSA) is 70.7 Å². The van der Waals surface area contributed by atoms with E-state index in [2.05, 4.69) is 16.7 Å². The van der Waals surface area contributed by atoms with Crippen molar-refractivity contribution >= 4 is 17.4 Å². The van der Waals surface area contributed by atoms with Crippen LogP contribution in [0.5, 0.6) is 5.75 Å². The van der Waals surface area contributed by atoms with Crippen LogP contribution in [0.1, 0.15) is 58.5 Å². The Hall–Kier alpha value is -3.12. The number of fused-ring (bicyclic) bond motifs is 1. The molecule has 0 aromatic heterocycles. The molecule has 2 aliphatic heterocycles. The maximum Gasteiger partial charge on any atom is 0.253 e. The summed E-state index contributed by atoms with van der Waals surface area (Å²) in [5, 5.41) is 6.14. The van der Waals surface area contributed by atoms with Crippen molar-refractivity contribution in [3.63, 3.8) is 0 Å². The number of piperidine rings is 1. The van der Waals surface area contributed by atoms with E-state index in [9.17, 15) is 9.59 Å². The molecule has 2 N–H and O–H groups in total. The number of carbonyl (C=O) groups excluding carboxylic acids is 2. The number of benzene rings is 2. The Balaban J connectivity index is 1.80. The van der Waals surface area contributed by atoms with Crippen molar-refractivity contribution in [1.82, 2.24) is 15.5 Å². The smallest absolute Gasteiger partial charge is 0.253 e. The highest BCUT2D eigenvalue weighted by atomic mass is 16.5. The lowest BCUT2D eigenvalue weighted by Crippen LogP contribution is -2.46. The van der Waals surface area contributed by atoms with Crippen LogP contribution in [0, 0.1) is 0 Å². The molecule has 2 heterocycles. The minimum Gasteiger partial charge on any atom is -0.482 e. The summed E-state index contributed by atoms with van der Waals surface area (Å²) in [6.45, 7) is 7.09. The van der Waals surface area contributed by atoms with Crippen LogP contribution in [-0.2, 0) is 0 Å².